The second kappa shape index (κ2) is 5.44. The second-order valence-corrected chi connectivity index (χ2v) is 4.65. The molecule has 7 heteroatoms. The zero-order valence-corrected chi connectivity index (χ0v) is 11.9. The Balaban J connectivity index is 2.05. The Morgan fingerprint density at radius 1 is 1.53 bits per heavy atom. The van der Waals surface area contributed by atoms with Gasteiger partial charge in [-0.1, -0.05) is 11.6 Å². The summed E-state index contributed by atoms with van der Waals surface area (Å²) >= 11 is 5.98. The second-order valence-electron chi connectivity index (χ2n) is 4.24. The highest BCUT2D eigenvalue weighted by atomic mass is 35.5. The first-order chi connectivity index (χ1) is 9.02. The Morgan fingerprint density at radius 2 is 2.26 bits per heavy atom. The molecule has 0 aromatic carbocycles. The Bertz CT molecular complexity index is 601. The summed E-state index contributed by atoms with van der Waals surface area (Å²) in [7, 11) is 1.86. The molecule has 2 aromatic heterocycles. The van der Waals surface area contributed by atoms with Gasteiger partial charge in [0.25, 0.3) is 5.91 Å². The lowest BCUT2D eigenvalue weighted by Crippen LogP contribution is -2.24. The van der Waals surface area contributed by atoms with Crippen LogP contribution < -0.4 is 5.32 Å². The number of nitrogens with one attached hydrogen (secondary N) is 1. The number of aryl methyl sites for hydroxylation is 2. The summed E-state index contributed by atoms with van der Waals surface area (Å²) in [5.41, 5.74) is 2.25. The van der Waals surface area contributed by atoms with E-state index >= 15 is 0 Å². The Labute approximate surface area is 116 Å². The summed E-state index contributed by atoms with van der Waals surface area (Å²) in [6, 6.07) is 0. The van der Waals surface area contributed by atoms with Crippen LogP contribution in [-0.4, -0.2) is 25.5 Å². The first-order valence-corrected chi connectivity index (χ1v) is 6.39. The fourth-order valence-corrected chi connectivity index (χ4v) is 1.93. The minimum Gasteiger partial charge on any atom is -0.346 e. The molecule has 0 unspecified atom stereocenters. The van der Waals surface area contributed by atoms with Gasteiger partial charge in [-0.3, -0.25) is 14.2 Å². The standard InChI is InChI=1S/C12H16ClN5O/c1-4-18-7-10(13)11(16-18)12(19)14-5-9-6-15-17(3)8(9)2/h6-7H,4-5H2,1-3H3,(H,14,19). The van der Waals surface area contributed by atoms with Crippen molar-refractivity contribution >= 4 is 17.5 Å². The molecule has 0 bridgehead atoms. The van der Waals surface area contributed by atoms with Crippen LogP contribution in [0.15, 0.2) is 12.4 Å². The third-order valence-corrected chi connectivity index (χ3v) is 3.31. The van der Waals surface area contributed by atoms with Crippen LogP contribution in [0, 0.1) is 6.92 Å². The van der Waals surface area contributed by atoms with Crippen LogP contribution >= 0.6 is 11.6 Å². The maximum atomic E-state index is 12.0. The minimum atomic E-state index is -0.277. The topological polar surface area (TPSA) is 64.7 Å². The molecule has 2 rings (SSSR count). The average Bonchev–Trinajstić information content (AvgIpc) is 2.92. The molecule has 2 aromatic rings. The predicted molar refractivity (Wildman–Crippen MR) is 72.0 cm³/mol. The zero-order chi connectivity index (χ0) is 14.0. The first kappa shape index (κ1) is 13.6. The molecule has 0 aliphatic heterocycles. The van der Waals surface area contributed by atoms with E-state index in [-0.39, 0.29) is 11.6 Å². The molecule has 102 valence electrons. The predicted octanol–water partition coefficient (Wildman–Crippen LogP) is 1.53. The van der Waals surface area contributed by atoms with Crippen LogP contribution in [0.5, 0.6) is 0 Å². The van der Waals surface area contributed by atoms with Crippen molar-refractivity contribution in [2.24, 2.45) is 7.05 Å². The number of hydrogen-bond donors (Lipinski definition) is 1. The summed E-state index contributed by atoms with van der Waals surface area (Å²) < 4.78 is 3.40. The van der Waals surface area contributed by atoms with Crippen molar-refractivity contribution in [2.75, 3.05) is 0 Å². The van der Waals surface area contributed by atoms with Crippen LogP contribution in [0.1, 0.15) is 28.7 Å². The number of rotatable bonds is 4. The van der Waals surface area contributed by atoms with Crippen molar-refractivity contribution in [1.82, 2.24) is 24.9 Å². The van der Waals surface area contributed by atoms with Gasteiger partial charge in [0, 0.05) is 37.6 Å². The van der Waals surface area contributed by atoms with Gasteiger partial charge in [0.15, 0.2) is 5.69 Å². The molecule has 0 aliphatic carbocycles. The summed E-state index contributed by atoms with van der Waals surface area (Å²) in [6.07, 6.45) is 3.38. The molecule has 1 N–H and O–H groups in total. The molecule has 0 radical (unpaired) electrons. The van der Waals surface area contributed by atoms with Gasteiger partial charge in [-0.15, -0.1) is 0 Å². The molecular weight excluding hydrogens is 266 g/mol. The molecule has 6 nitrogen and oxygen atoms in total. The van der Waals surface area contributed by atoms with Crippen molar-refractivity contribution in [1.29, 1.82) is 0 Å². The molecule has 19 heavy (non-hydrogen) atoms. The third kappa shape index (κ3) is 2.78. The highest BCUT2D eigenvalue weighted by Crippen LogP contribution is 2.14. The van der Waals surface area contributed by atoms with E-state index in [1.54, 1.807) is 21.8 Å². The number of amides is 1. The van der Waals surface area contributed by atoms with Crippen LogP contribution in [-0.2, 0) is 20.1 Å². The summed E-state index contributed by atoms with van der Waals surface area (Å²) in [5.74, 6) is -0.277. The van der Waals surface area contributed by atoms with Gasteiger partial charge in [0.2, 0.25) is 0 Å². The van der Waals surface area contributed by atoms with E-state index in [1.807, 2.05) is 20.9 Å². The number of carbonyl (C=O) groups excluding carboxylic acids is 1. The summed E-state index contributed by atoms with van der Waals surface area (Å²) in [4.78, 5) is 12.0. The SMILES string of the molecule is CCn1cc(Cl)c(C(=O)NCc2cnn(C)c2C)n1. The van der Waals surface area contributed by atoms with E-state index < -0.39 is 0 Å². The summed E-state index contributed by atoms with van der Waals surface area (Å²) in [5, 5.41) is 11.4. The van der Waals surface area contributed by atoms with Crippen molar-refractivity contribution in [3.8, 4) is 0 Å². The average molecular weight is 282 g/mol. The van der Waals surface area contributed by atoms with E-state index in [4.69, 9.17) is 11.6 Å². The van der Waals surface area contributed by atoms with Gasteiger partial charge in [-0.2, -0.15) is 10.2 Å². The van der Waals surface area contributed by atoms with E-state index in [0.717, 1.165) is 11.3 Å². The maximum absolute atomic E-state index is 12.0. The first-order valence-electron chi connectivity index (χ1n) is 6.01. The fourth-order valence-electron chi connectivity index (χ4n) is 1.69. The Kier molecular flexibility index (Phi) is 3.90. The molecule has 0 aliphatic rings. The zero-order valence-electron chi connectivity index (χ0n) is 11.1. The lowest BCUT2D eigenvalue weighted by Gasteiger charge is -2.03. The molecule has 0 spiro atoms. The fraction of sp³-hybridized carbons (Fsp3) is 0.417. The molecular formula is C12H16ClN5O. The van der Waals surface area contributed by atoms with Crippen molar-refractivity contribution < 1.29 is 4.79 Å². The molecule has 0 saturated heterocycles. The van der Waals surface area contributed by atoms with E-state index in [0.29, 0.717) is 18.1 Å². The molecule has 2 heterocycles. The van der Waals surface area contributed by atoms with E-state index in [1.165, 1.54) is 0 Å². The van der Waals surface area contributed by atoms with Crippen LogP contribution in [0.2, 0.25) is 5.02 Å². The molecule has 0 saturated carbocycles. The number of hydrogen-bond acceptors (Lipinski definition) is 3. The quantitative estimate of drug-likeness (QED) is 0.924. The molecule has 0 atom stereocenters. The van der Waals surface area contributed by atoms with Crippen LogP contribution in [0.3, 0.4) is 0 Å². The van der Waals surface area contributed by atoms with Crippen molar-refractivity contribution in [3.63, 3.8) is 0 Å². The minimum absolute atomic E-state index is 0.255. The lowest BCUT2D eigenvalue weighted by molar-refractivity contribution is 0.0945. The van der Waals surface area contributed by atoms with Gasteiger partial charge in [0.1, 0.15) is 0 Å². The summed E-state index contributed by atoms with van der Waals surface area (Å²) in [6.45, 7) is 4.97. The van der Waals surface area contributed by atoms with Crippen LogP contribution in [0.25, 0.3) is 0 Å². The van der Waals surface area contributed by atoms with E-state index in [2.05, 4.69) is 15.5 Å². The van der Waals surface area contributed by atoms with Gasteiger partial charge >= 0.3 is 0 Å². The number of halogens is 1. The van der Waals surface area contributed by atoms with Crippen LogP contribution in [0.4, 0.5) is 0 Å². The monoisotopic (exact) mass is 281 g/mol. The highest BCUT2D eigenvalue weighted by Gasteiger charge is 2.15. The molecule has 1 amide bonds. The number of carbonyl (C=O) groups is 1. The smallest absolute Gasteiger partial charge is 0.273 e. The Hall–Kier alpha value is -1.82. The number of aromatic nitrogens is 4. The third-order valence-electron chi connectivity index (χ3n) is 3.03. The van der Waals surface area contributed by atoms with Gasteiger partial charge in [-0.25, -0.2) is 0 Å². The van der Waals surface area contributed by atoms with Crippen molar-refractivity contribution in [3.05, 3.63) is 34.4 Å². The lowest BCUT2D eigenvalue weighted by atomic mass is 10.2. The van der Waals surface area contributed by atoms with Gasteiger partial charge < -0.3 is 5.32 Å². The Morgan fingerprint density at radius 3 is 2.79 bits per heavy atom. The largest absolute Gasteiger partial charge is 0.346 e. The number of nitrogens with zero attached hydrogens (tertiary/aromatic N) is 4. The maximum Gasteiger partial charge on any atom is 0.273 e. The van der Waals surface area contributed by atoms with Crippen molar-refractivity contribution in [2.45, 2.75) is 26.9 Å². The van der Waals surface area contributed by atoms with Gasteiger partial charge in [0.05, 0.1) is 11.2 Å². The van der Waals surface area contributed by atoms with Gasteiger partial charge in [-0.05, 0) is 13.8 Å². The molecule has 0 fully saturated rings. The highest BCUT2D eigenvalue weighted by molar-refractivity contribution is 6.33. The van der Waals surface area contributed by atoms with E-state index in [9.17, 15) is 4.79 Å². The normalized spacial score (nSPS) is 10.7.